The summed E-state index contributed by atoms with van der Waals surface area (Å²) in [6.45, 7) is 2.04. The number of aryl methyl sites for hydroxylation is 1. The highest BCUT2D eigenvalue weighted by Gasteiger charge is 2.47. The van der Waals surface area contributed by atoms with Crippen molar-refractivity contribution in [3.05, 3.63) is 100 Å². The number of carbonyl (C=O) groups is 2. The summed E-state index contributed by atoms with van der Waals surface area (Å²) < 4.78 is 5.53. The number of methoxy groups -OCH3 is 1. The number of aliphatic hydroxyl groups excluding tert-OH is 1. The van der Waals surface area contributed by atoms with Crippen LogP contribution in [0.25, 0.3) is 5.76 Å². The lowest BCUT2D eigenvalue weighted by molar-refractivity contribution is -0.132. The maximum absolute atomic E-state index is 13.2. The molecule has 162 valence electrons. The maximum Gasteiger partial charge on any atom is 0.300 e. The topological polar surface area (TPSA) is 66.8 Å². The van der Waals surface area contributed by atoms with Gasteiger partial charge < -0.3 is 9.84 Å². The summed E-state index contributed by atoms with van der Waals surface area (Å²) in [4.78, 5) is 27.8. The average molecular weight is 448 g/mol. The number of carbonyl (C=O) groups excluding carboxylic acids is 2. The molecule has 3 aromatic rings. The molecular formula is C26H22ClNO4. The lowest BCUT2D eigenvalue weighted by atomic mass is 9.94. The van der Waals surface area contributed by atoms with Crippen LogP contribution in [0.5, 0.6) is 5.75 Å². The molecule has 1 aliphatic heterocycles. The van der Waals surface area contributed by atoms with Gasteiger partial charge in [-0.25, -0.2) is 0 Å². The molecule has 5 nitrogen and oxygen atoms in total. The Morgan fingerprint density at radius 1 is 1.00 bits per heavy atom. The van der Waals surface area contributed by atoms with E-state index in [0.717, 1.165) is 12.0 Å². The van der Waals surface area contributed by atoms with Crippen LogP contribution in [0.4, 0.5) is 5.69 Å². The number of Topliss-reactive ketones (excluding diaryl/α,β-unsaturated/α-hetero) is 1. The Balaban J connectivity index is 1.95. The number of amides is 1. The fraction of sp³-hybridized carbons (Fsp3) is 0.154. The SMILES string of the molecule is CCc1ccc(N2C(=O)C(=O)/C(=C(\O)c3ccc(Cl)cc3)C2c2ccccc2OC)cc1. The number of rotatable bonds is 5. The molecule has 1 aliphatic rings. The van der Waals surface area contributed by atoms with Crippen LogP contribution in [0.1, 0.15) is 29.7 Å². The largest absolute Gasteiger partial charge is 0.507 e. The van der Waals surface area contributed by atoms with Gasteiger partial charge in [-0.1, -0.05) is 48.9 Å². The Hall–Kier alpha value is -3.57. The molecule has 1 atom stereocenters. The molecule has 0 aliphatic carbocycles. The highest BCUT2D eigenvalue weighted by molar-refractivity contribution is 6.51. The van der Waals surface area contributed by atoms with Crippen LogP contribution < -0.4 is 9.64 Å². The first-order chi connectivity index (χ1) is 15.5. The van der Waals surface area contributed by atoms with Crippen LogP contribution in [-0.2, 0) is 16.0 Å². The average Bonchev–Trinajstić information content (AvgIpc) is 3.09. The van der Waals surface area contributed by atoms with Crippen molar-refractivity contribution in [3.63, 3.8) is 0 Å². The predicted octanol–water partition coefficient (Wildman–Crippen LogP) is 5.54. The van der Waals surface area contributed by atoms with Gasteiger partial charge in [-0.2, -0.15) is 0 Å². The zero-order chi connectivity index (χ0) is 22.8. The summed E-state index contributed by atoms with van der Waals surface area (Å²) in [5, 5.41) is 11.6. The minimum atomic E-state index is -0.852. The van der Waals surface area contributed by atoms with E-state index >= 15 is 0 Å². The molecule has 1 heterocycles. The Labute approximate surface area is 191 Å². The van der Waals surface area contributed by atoms with E-state index in [9.17, 15) is 14.7 Å². The van der Waals surface area contributed by atoms with Gasteiger partial charge in [-0.3, -0.25) is 14.5 Å². The van der Waals surface area contributed by atoms with Crippen LogP contribution in [0, 0.1) is 0 Å². The van der Waals surface area contributed by atoms with E-state index in [2.05, 4.69) is 0 Å². The van der Waals surface area contributed by atoms with Crippen LogP contribution in [0.15, 0.2) is 78.4 Å². The Morgan fingerprint density at radius 3 is 2.28 bits per heavy atom. The fourth-order valence-electron chi connectivity index (χ4n) is 3.94. The first-order valence-corrected chi connectivity index (χ1v) is 10.6. The standard InChI is InChI=1S/C26H22ClNO4/c1-3-16-8-14-19(15-9-16)28-23(20-6-4-5-7-21(20)32-2)22(25(30)26(28)31)24(29)17-10-12-18(27)13-11-17/h4-15,23,29H,3H2,1-2H3/b24-22-. The van der Waals surface area contributed by atoms with Gasteiger partial charge in [0.2, 0.25) is 0 Å². The molecule has 1 N–H and O–H groups in total. The van der Waals surface area contributed by atoms with Gasteiger partial charge in [-0.05, 0) is 54.4 Å². The van der Waals surface area contributed by atoms with Crippen molar-refractivity contribution < 1.29 is 19.4 Å². The van der Waals surface area contributed by atoms with Crippen LogP contribution >= 0.6 is 11.6 Å². The molecule has 3 aromatic carbocycles. The second-order valence-corrected chi connectivity index (χ2v) is 7.87. The van der Waals surface area contributed by atoms with E-state index in [1.807, 2.05) is 37.3 Å². The maximum atomic E-state index is 13.2. The third-order valence-corrected chi connectivity index (χ3v) is 5.87. The molecule has 0 bridgehead atoms. The molecule has 0 aromatic heterocycles. The van der Waals surface area contributed by atoms with E-state index in [-0.39, 0.29) is 11.3 Å². The number of nitrogens with zero attached hydrogens (tertiary/aromatic N) is 1. The third-order valence-electron chi connectivity index (χ3n) is 5.62. The van der Waals surface area contributed by atoms with Crippen LogP contribution in [-0.4, -0.2) is 23.9 Å². The summed E-state index contributed by atoms with van der Waals surface area (Å²) >= 11 is 5.98. The minimum Gasteiger partial charge on any atom is -0.507 e. The quantitative estimate of drug-likeness (QED) is 0.317. The number of anilines is 1. The number of ether oxygens (including phenoxy) is 1. The molecule has 1 fully saturated rings. The van der Waals surface area contributed by atoms with Gasteiger partial charge in [0, 0.05) is 21.8 Å². The first-order valence-electron chi connectivity index (χ1n) is 10.2. The molecule has 1 saturated heterocycles. The molecule has 1 amide bonds. The van der Waals surface area contributed by atoms with Crippen molar-refractivity contribution in [1.29, 1.82) is 0 Å². The van der Waals surface area contributed by atoms with Gasteiger partial charge in [-0.15, -0.1) is 0 Å². The van der Waals surface area contributed by atoms with E-state index in [1.165, 1.54) is 12.0 Å². The van der Waals surface area contributed by atoms with E-state index in [4.69, 9.17) is 16.3 Å². The summed E-state index contributed by atoms with van der Waals surface area (Å²) in [7, 11) is 1.53. The van der Waals surface area contributed by atoms with Crippen molar-refractivity contribution >= 4 is 34.7 Å². The fourth-order valence-corrected chi connectivity index (χ4v) is 4.07. The van der Waals surface area contributed by atoms with Gasteiger partial charge in [0.15, 0.2) is 0 Å². The second kappa shape index (κ2) is 8.89. The zero-order valence-electron chi connectivity index (χ0n) is 17.7. The van der Waals surface area contributed by atoms with E-state index in [0.29, 0.717) is 27.6 Å². The number of ketones is 1. The Morgan fingerprint density at radius 2 is 1.66 bits per heavy atom. The lowest BCUT2D eigenvalue weighted by Gasteiger charge is -2.26. The van der Waals surface area contributed by atoms with Crippen LogP contribution in [0.2, 0.25) is 5.02 Å². The lowest BCUT2D eigenvalue weighted by Crippen LogP contribution is -2.29. The van der Waals surface area contributed by atoms with Gasteiger partial charge in [0.1, 0.15) is 11.5 Å². The Kier molecular flexibility index (Phi) is 6.01. The highest BCUT2D eigenvalue weighted by atomic mass is 35.5. The normalized spacial score (nSPS) is 17.6. The van der Waals surface area contributed by atoms with Crippen molar-refractivity contribution in [2.75, 3.05) is 12.0 Å². The number of para-hydroxylation sites is 1. The summed E-state index contributed by atoms with van der Waals surface area (Å²) in [6, 6.07) is 20.3. The number of halogens is 1. The number of benzene rings is 3. The van der Waals surface area contributed by atoms with Gasteiger partial charge in [0.25, 0.3) is 11.7 Å². The summed E-state index contributed by atoms with van der Waals surface area (Å²) in [5.41, 5.74) is 2.68. The van der Waals surface area contributed by atoms with Crippen molar-refractivity contribution in [1.82, 2.24) is 0 Å². The third kappa shape index (κ3) is 3.76. The van der Waals surface area contributed by atoms with Crippen LogP contribution in [0.3, 0.4) is 0 Å². The van der Waals surface area contributed by atoms with Gasteiger partial charge >= 0.3 is 0 Å². The van der Waals surface area contributed by atoms with Crippen molar-refractivity contribution in [2.45, 2.75) is 19.4 Å². The smallest absolute Gasteiger partial charge is 0.300 e. The summed E-state index contributed by atoms with van der Waals surface area (Å²) in [6.07, 6.45) is 0.853. The summed E-state index contributed by atoms with van der Waals surface area (Å²) in [5.74, 6) is -1.21. The zero-order valence-corrected chi connectivity index (χ0v) is 18.5. The number of hydrogen-bond acceptors (Lipinski definition) is 4. The number of hydrogen-bond donors (Lipinski definition) is 1. The minimum absolute atomic E-state index is 0.00129. The predicted molar refractivity (Wildman–Crippen MR) is 125 cm³/mol. The molecule has 0 spiro atoms. The number of aliphatic hydroxyl groups is 1. The molecule has 32 heavy (non-hydrogen) atoms. The van der Waals surface area contributed by atoms with E-state index in [1.54, 1.807) is 42.5 Å². The second-order valence-electron chi connectivity index (χ2n) is 7.44. The molecule has 4 rings (SSSR count). The molecule has 0 radical (unpaired) electrons. The monoisotopic (exact) mass is 447 g/mol. The van der Waals surface area contributed by atoms with Gasteiger partial charge in [0.05, 0.1) is 18.7 Å². The molecule has 0 saturated carbocycles. The molecule has 1 unspecified atom stereocenters. The molecule has 6 heteroatoms. The van der Waals surface area contributed by atoms with E-state index < -0.39 is 17.7 Å². The van der Waals surface area contributed by atoms with Crippen molar-refractivity contribution in [2.24, 2.45) is 0 Å². The van der Waals surface area contributed by atoms with Crippen molar-refractivity contribution in [3.8, 4) is 5.75 Å². The highest BCUT2D eigenvalue weighted by Crippen LogP contribution is 2.44. The molecular weight excluding hydrogens is 426 g/mol. The Bertz CT molecular complexity index is 1200. The first kappa shape index (κ1) is 21.7.